The fourth-order valence-corrected chi connectivity index (χ4v) is 6.06. The molecular formula is C33H33N5O4S. The summed E-state index contributed by atoms with van der Waals surface area (Å²) in [6.07, 6.45) is 2.52. The lowest BCUT2D eigenvalue weighted by Crippen LogP contribution is -2.38. The molecule has 6 rings (SSSR count). The van der Waals surface area contributed by atoms with Gasteiger partial charge in [0.15, 0.2) is 5.13 Å². The first kappa shape index (κ1) is 28.7. The lowest BCUT2D eigenvalue weighted by molar-refractivity contribution is -0.120. The standard InChI is InChI=1S/C33H33N5O4S/c39-30(34-13-4-15-37-16-18-42-19-17-37)25-9-7-23(8-10-25)26-11-12-27-22-38(32(41)28(27)21-26)29(24-5-2-1-3-6-24)31(40)36-33-35-14-20-43-33/h1-3,5-12,14,20-21,29H,4,13,15-19,22H2,(H,34,39)(H,35,36,40). The lowest BCUT2D eigenvalue weighted by Gasteiger charge is -2.27. The normalized spacial score (nSPS) is 15.6. The topological polar surface area (TPSA) is 104 Å². The molecule has 0 spiro atoms. The molecule has 10 heteroatoms. The number of morpholine rings is 1. The van der Waals surface area contributed by atoms with Gasteiger partial charge in [0, 0.05) is 48.9 Å². The molecule has 0 saturated carbocycles. The van der Waals surface area contributed by atoms with Crippen LogP contribution in [0.3, 0.4) is 0 Å². The molecular weight excluding hydrogens is 562 g/mol. The van der Waals surface area contributed by atoms with E-state index in [-0.39, 0.29) is 17.7 Å². The Morgan fingerprint density at radius 2 is 1.74 bits per heavy atom. The largest absolute Gasteiger partial charge is 0.379 e. The number of aromatic nitrogens is 1. The van der Waals surface area contributed by atoms with Gasteiger partial charge in [-0.2, -0.15) is 0 Å². The van der Waals surface area contributed by atoms with Gasteiger partial charge in [-0.15, -0.1) is 11.3 Å². The van der Waals surface area contributed by atoms with Crippen LogP contribution in [-0.2, 0) is 16.1 Å². The van der Waals surface area contributed by atoms with Crippen LogP contribution in [0.15, 0.2) is 84.4 Å². The Morgan fingerprint density at radius 1 is 0.977 bits per heavy atom. The molecule has 2 aliphatic rings. The van der Waals surface area contributed by atoms with Crippen LogP contribution in [0.2, 0.25) is 0 Å². The van der Waals surface area contributed by atoms with Crippen molar-refractivity contribution >= 4 is 34.2 Å². The maximum atomic E-state index is 13.7. The molecule has 3 amide bonds. The van der Waals surface area contributed by atoms with Gasteiger partial charge in [-0.25, -0.2) is 4.98 Å². The second-order valence-electron chi connectivity index (χ2n) is 10.6. The van der Waals surface area contributed by atoms with Gasteiger partial charge in [-0.05, 0) is 53.4 Å². The third-order valence-corrected chi connectivity index (χ3v) is 8.49. The summed E-state index contributed by atoms with van der Waals surface area (Å²) < 4.78 is 5.38. The van der Waals surface area contributed by atoms with Crippen molar-refractivity contribution in [3.8, 4) is 11.1 Å². The number of hydrogen-bond acceptors (Lipinski definition) is 7. The average Bonchev–Trinajstić information content (AvgIpc) is 3.68. The number of nitrogens with one attached hydrogen (secondary N) is 2. The maximum Gasteiger partial charge on any atom is 0.255 e. The van der Waals surface area contributed by atoms with Crippen molar-refractivity contribution in [2.75, 3.05) is 44.7 Å². The molecule has 3 aromatic carbocycles. The van der Waals surface area contributed by atoms with Gasteiger partial charge in [-0.1, -0.05) is 54.6 Å². The van der Waals surface area contributed by atoms with E-state index in [1.807, 2.05) is 72.8 Å². The number of anilines is 1. The molecule has 1 saturated heterocycles. The fraction of sp³-hybridized carbons (Fsp3) is 0.273. The van der Waals surface area contributed by atoms with Crippen LogP contribution >= 0.6 is 11.3 Å². The summed E-state index contributed by atoms with van der Waals surface area (Å²) >= 11 is 1.33. The molecule has 1 unspecified atom stereocenters. The molecule has 1 aromatic heterocycles. The van der Waals surface area contributed by atoms with Crippen molar-refractivity contribution in [1.29, 1.82) is 0 Å². The Morgan fingerprint density at radius 3 is 2.49 bits per heavy atom. The Bertz CT molecular complexity index is 1570. The second kappa shape index (κ2) is 13.3. The van der Waals surface area contributed by atoms with E-state index in [0.29, 0.717) is 29.3 Å². The molecule has 1 fully saturated rings. The highest BCUT2D eigenvalue weighted by molar-refractivity contribution is 7.13. The third-order valence-electron chi connectivity index (χ3n) is 7.80. The molecule has 43 heavy (non-hydrogen) atoms. The van der Waals surface area contributed by atoms with E-state index >= 15 is 0 Å². The van der Waals surface area contributed by atoms with Crippen molar-refractivity contribution in [3.63, 3.8) is 0 Å². The van der Waals surface area contributed by atoms with Crippen LogP contribution in [0.4, 0.5) is 5.13 Å². The van der Waals surface area contributed by atoms with Crippen molar-refractivity contribution in [2.24, 2.45) is 0 Å². The molecule has 0 aliphatic carbocycles. The third kappa shape index (κ3) is 6.67. The smallest absolute Gasteiger partial charge is 0.255 e. The number of nitrogens with zero attached hydrogens (tertiary/aromatic N) is 3. The molecule has 9 nitrogen and oxygen atoms in total. The zero-order valence-electron chi connectivity index (χ0n) is 23.7. The summed E-state index contributed by atoms with van der Waals surface area (Å²) in [5.74, 6) is -0.609. The number of ether oxygens (including phenoxy) is 1. The van der Waals surface area contributed by atoms with Crippen LogP contribution in [0, 0.1) is 0 Å². The van der Waals surface area contributed by atoms with E-state index in [1.54, 1.807) is 16.5 Å². The number of benzene rings is 3. The highest BCUT2D eigenvalue weighted by Gasteiger charge is 2.37. The van der Waals surface area contributed by atoms with Crippen molar-refractivity contribution < 1.29 is 19.1 Å². The van der Waals surface area contributed by atoms with E-state index in [9.17, 15) is 14.4 Å². The molecule has 1 atom stereocenters. The van der Waals surface area contributed by atoms with E-state index < -0.39 is 6.04 Å². The van der Waals surface area contributed by atoms with Gasteiger partial charge in [0.2, 0.25) is 0 Å². The number of amides is 3. The van der Waals surface area contributed by atoms with Gasteiger partial charge in [0.05, 0.1) is 13.2 Å². The van der Waals surface area contributed by atoms with Gasteiger partial charge < -0.3 is 15.0 Å². The van der Waals surface area contributed by atoms with Gasteiger partial charge in [0.1, 0.15) is 6.04 Å². The molecule has 2 aliphatic heterocycles. The fourth-order valence-electron chi connectivity index (χ4n) is 5.52. The van der Waals surface area contributed by atoms with Crippen molar-refractivity contribution in [1.82, 2.24) is 20.1 Å². The average molecular weight is 596 g/mol. The molecule has 220 valence electrons. The number of carbonyl (C=O) groups excluding carboxylic acids is 3. The summed E-state index contributed by atoms with van der Waals surface area (Å²) in [4.78, 5) is 48.0. The van der Waals surface area contributed by atoms with E-state index in [4.69, 9.17) is 4.74 Å². The summed E-state index contributed by atoms with van der Waals surface area (Å²) in [6.45, 7) is 5.32. The van der Waals surface area contributed by atoms with E-state index in [2.05, 4.69) is 20.5 Å². The monoisotopic (exact) mass is 595 g/mol. The SMILES string of the molecule is O=C(NCCCN1CCOCC1)c1ccc(-c2ccc3c(c2)C(=O)N(C(C(=O)Nc2nccs2)c2ccccc2)C3)cc1. The minimum absolute atomic E-state index is 0.101. The Hall–Kier alpha value is -4.38. The van der Waals surface area contributed by atoms with Crippen molar-refractivity contribution in [2.45, 2.75) is 19.0 Å². The van der Waals surface area contributed by atoms with Crippen LogP contribution in [0.5, 0.6) is 0 Å². The van der Waals surface area contributed by atoms with Crippen LogP contribution < -0.4 is 10.6 Å². The maximum absolute atomic E-state index is 13.7. The summed E-state index contributed by atoms with van der Waals surface area (Å²) in [5, 5.41) is 8.15. The molecule has 0 bridgehead atoms. The van der Waals surface area contributed by atoms with Crippen LogP contribution in [0.1, 0.15) is 44.3 Å². The first-order chi connectivity index (χ1) is 21.1. The van der Waals surface area contributed by atoms with Gasteiger partial charge in [0.25, 0.3) is 17.7 Å². The number of rotatable bonds is 10. The van der Waals surface area contributed by atoms with Crippen LogP contribution in [-0.4, -0.2) is 71.9 Å². The zero-order valence-corrected chi connectivity index (χ0v) is 24.5. The number of thiazole rings is 1. The summed E-state index contributed by atoms with van der Waals surface area (Å²) in [6, 6.07) is 21.7. The first-order valence-corrected chi connectivity index (χ1v) is 15.3. The first-order valence-electron chi connectivity index (χ1n) is 14.4. The molecule has 2 N–H and O–H groups in total. The Kier molecular flexibility index (Phi) is 8.88. The summed E-state index contributed by atoms with van der Waals surface area (Å²) in [5.41, 5.74) is 4.53. The predicted molar refractivity (Wildman–Crippen MR) is 166 cm³/mol. The highest BCUT2D eigenvalue weighted by Crippen LogP contribution is 2.35. The van der Waals surface area contributed by atoms with Gasteiger partial charge in [-0.3, -0.25) is 24.6 Å². The second-order valence-corrected chi connectivity index (χ2v) is 11.5. The lowest BCUT2D eigenvalue weighted by atomic mass is 9.99. The number of hydrogen-bond donors (Lipinski definition) is 2. The summed E-state index contributed by atoms with van der Waals surface area (Å²) in [7, 11) is 0. The number of carbonyl (C=O) groups is 3. The molecule has 0 radical (unpaired) electrons. The predicted octanol–water partition coefficient (Wildman–Crippen LogP) is 4.60. The van der Waals surface area contributed by atoms with Crippen molar-refractivity contribution in [3.05, 3.63) is 107 Å². The highest BCUT2D eigenvalue weighted by atomic mass is 32.1. The van der Waals surface area contributed by atoms with Gasteiger partial charge >= 0.3 is 0 Å². The minimum Gasteiger partial charge on any atom is -0.379 e. The van der Waals surface area contributed by atoms with Crippen LogP contribution in [0.25, 0.3) is 11.1 Å². The van der Waals surface area contributed by atoms with E-state index in [1.165, 1.54) is 11.3 Å². The number of fused-ring (bicyclic) bond motifs is 1. The minimum atomic E-state index is -0.805. The molecule has 3 heterocycles. The quantitative estimate of drug-likeness (QED) is 0.260. The van der Waals surface area contributed by atoms with E-state index in [0.717, 1.165) is 61.5 Å². The molecule has 4 aromatic rings. The zero-order chi connectivity index (χ0) is 29.6. The Labute approximate surface area is 254 Å². The Balaban J connectivity index is 1.12.